The Bertz CT molecular complexity index is 333. The zero-order valence-corrected chi connectivity index (χ0v) is 15.5. The summed E-state index contributed by atoms with van der Waals surface area (Å²) in [6.07, 6.45) is 7.03. The topological polar surface area (TPSA) is 62.5 Å². The fourth-order valence-electron chi connectivity index (χ4n) is 4.14. The third-order valence-corrected chi connectivity index (χ3v) is 5.85. The third kappa shape index (κ3) is 6.23. The minimum atomic E-state index is -0.742. The lowest BCUT2D eigenvalue weighted by molar-refractivity contribution is 0.00676. The normalized spacial score (nSPS) is 38.2. The maximum atomic E-state index is 13.0. The minimum absolute atomic E-state index is 0.0415. The fraction of sp³-hybridized carbons (Fsp3) is 1.00. The predicted octanol–water partition coefficient (Wildman–Crippen LogP) is 1.27. The highest BCUT2D eigenvalue weighted by Crippen LogP contribution is 2.23. The lowest BCUT2D eigenvalue weighted by atomic mass is 9.90. The first kappa shape index (κ1) is 20.0. The summed E-state index contributed by atoms with van der Waals surface area (Å²) in [4.78, 5) is 2.62. The van der Waals surface area contributed by atoms with Crippen LogP contribution in [0.25, 0.3) is 0 Å². The van der Waals surface area contributed by atoms with Gasteiger partial charge in [0.05, 0.1) is 13.2 Å². The van der Waals surface area contributed by atoms with Crippen molar-refractivity contribution in [2.24, 2.45) is 5.73 Å². The van der Waals surface area contributed by atoms with Gasteiger partial charge in [-0.3, -0.25) is 4.90 Å². The molecule has 6 heteroatoms. The van der Waals surface area contributed by atoms with E-state index in [1.165, 1.54) is 25.7 Å². The van der Waals surface area contributed by atoms with Gasteiger partial charge in [-0.05, 0) is 59.0 Å². The zero-order valence-electron chi connectivity index (χ0n) is 15.5. The summed E-state index contributed by atoms with van der Waals surface area (Å²) in [5.74, 6) is 0. The van der Waals surface area contributed by atoms with E-state index in [4.69, 9.17) is 10.5 Å². The number of nitrogens with one attached hydrogen (secondary N) is 2. The van der Waals surface area contributed by atoms with Crippen LogP contribution in [0.3, 0.4) is 0 Å². The second-order valence-electron chi connectivity index (χ2n) is 7.43. The first-order valence-corrected chi connectivity index (χ1v) is 9.70. The van der Waals surface area contributed by atoms with E-state index in [1.54, 1.807) is 7.05 Å². The Morgan fingerprint density at radius 1 is 0.958 bits per heavy atom. The van der Waals surface area contributed by atoms with Gasteiger partial charge in [0.15, 0.2) is 0 Å². The van der Waals surface area contributed by atoms with E-state index in [1.807, 2.05) is 0 Å². The summed E-state index contributed by atoms with van der Waals surface area (Å²) in [5, 5.41) is 6.33. The molecule has 0 spiro atoms. The number of alkyl halides is 1. The molecule has 1 heterocycles. The Labute approximate surface area is 146 Å². The third-order valence-electron chi connectivity index (χ3n) is 5.85. The number of rotatable bonds is 3. The predicted molar refractivity (Wildman–Crippen MR) is 97.1 cm³/mol. The van der Waals surface area contributed by atoms with Crippen molar-refractivity contribution in [2.75, 3.05) is 40.4 Å². The molecule has 3 unspecified atom stereocenters. The summed E-state index contributed by atoms with van der Waals surface area (Å²) in [7, 11) is 3.88. The molecule has 3 fully saturated rings. The van der Waals surface area contributed by atoms with Crippen LogP contribution in [0.15, 0.2) is 0 Å². The number of hydrogen-bond acceptors (Lipinski definition) is 5. The standard InChI is InChI=1S/C11H22N2O.C7H15FN2/c1-12-10-2-4-11(5-3-10)13-6-8-14-9-7-13;1-10-7-3-2-5(9)4-6(7)8/h10-12H,2-9H2,1H3;5-7,10H,2-4,9H2,1H3. The lowest BCUT2D eigenvalue weighted by Crippen LogP contribution is -2.46. The van der Waals surface area contributed by atoms with Crippen LogP contribution in [-0.2, 0) is 4.74 Å². The Morgan fingerprint density at radius 2 is 1.62 bits per heavy atom. The minimum Gasteiger partial charge on any atom is -0.379 e. The number of hydrogen-bond donors (Lipinski definition) is 3. The summed E-state index contributed by atoms with van der Waals surface area (Å²) in [5.41, 5.74) is 5.57. The number of morpholine rings is 1. The molecule has 4 N–H and O–H groups in total. The Balaban J connectivity index is 0.000000185. The van der Waals surface area contributed by atoms with E-state index in [0.717, 1.165) is 51.2 Å². The van der Waals surface area contributed by atoms with Crippen molar-refractivity contribution >= 4 is 0 Å². The zero-order chi connectivity index (χ0) is 17.4. The van der Waals surface area contributed by atoms with Gasteiger partial charge in [-0.25, -0.2) is 4.39 Å². The largest absolute Gasteiger partial charge is 0.379 e. The van der Waals surface area contributed by atoms with Crippen LogP contribution in [0.5, 0.6) is 0 Å². The van der Waals surface area contributed by atoms with Gasteiger partial charge >= 0.3 is 0 Å². The van der Waals surface area contributed by atoms with Crippen LogP contribution >= 0.6 is 0 Å². The molecule has 0 bridgehead atoms. The van der Waals surface area contributed by atoms with Crippen molar-refractivity contribution in [3.63, 3.8) is 0 Å². The van der Waals surface area contributed by atoms with Crippen LogP contribution < -0.4 is 16.4 Å². The van der Waals surface area contributed by atoms with Crippen molar-refractivity contribution in [3.8, 4) is 0 Å². The van der Waals surface area contributed by atoms with E-state index in [2.05, 4.69) is 22.6 Å². The van der Waals surface area contributed by atoms with E-state index < -0.39 is 6.17 Å². The molecule has 3 aliphatic rings. The average molecular weight is 345 g/mol. The van der Waals surface area contributed by atoms with Crippen LogP contribution in [0, 0.1) is 0 Å². The Kier molecular flexibility index (Phi) is 8.90. The van der Waals surface area contributed by atoms with Gasteiger partial charge in [0.1, 0.15) is 6.17 Å². The quantitative estimate of drug-likeness (QED) is 0.720. The van der Waals surface area contributed by atoms with Crippen molar-refractivity contribution in [1.82, 2.24) is 15.5 Å². The molecule has 1 saturated heterocycles. The molecule has 0 amide bonds. The van der Waals surface area contributed by atoms with E-state index in [0.29, 0.717) is 6.42 Å². The summed E-state index contributed by atoms with van der Waals surface area (Å²) in [6, 6.07) is 1.73. The first-order chi connectivity index (χ1) is 11.6. The molecule has 24 heavy (non-hydrogen) atoms. The molecule has 3 rings (SSSR count). The SMILES string of the molecule is CNC1CCC(N)CC1F.CNC1CCC(N2CCOCC2)CC1. The van der Waals surface area contributed by atoms with Gasteiger partial charge in [-0.2, -0.15) is 0 Å². The van der Waals surface area contributed by atoms with E-state index in [-0.39, 0.29) is 12.1 Å². The van der Waals surface area contributed by atoms with Gasteiger partial charge in [0.25, 0.3) is 0 Å². The molecule has 2 saturated carbocycles. The fourth-order valence-corrected chi connectivity index (χ4v) is 4.14. The van der Waals surface area contributed by atoms with Crippen molar-refractivity contribution in [3.05, 3.63) is 0 Å². The van der Waals surface area contributed by atoms with Gasteiger partial charge in [0, 0.05) is 37.3 Å². The first-order valence-electron chi connectivity index (χ1n) is 9.70. The number of nitrogens with zero attached hydrogens (tertiary/aromatic N) is 1. The highest BCUT2D eigenvalue weighted by Gasteiger charge is 2.27. The molecule has 142 valence electrons. The molecule has 0 aromatic heterocycles. The lowest BCUT2D eigenvalue weighted by Gasteiger charge is -2.38. The molecule has 0 aromatic rings. The second-order valence-corrected chi connectivity index (χ2v) is 7.43. The Morgan fingerprint density at radius 3 is 2.17 bits per heavy atom. The van der Waals surface area contributed by atoms with Gasteiger partial charge in [-0.1, -0.05) is 0 Å². The van der Waals surface area contributed by atoms with E-state index >= 15 is 0 Å². The number of halogens is 1. The van der Waals surface area contributed by atoms with Gasteiger partial charge in [-0.15, -0.1) is 0 Å². The smallest absolute Gasteiger partial charge is 0.117 e. The van der Waals surface area contributed by atoms with Gasteiger partial charge < -0.3 is 21.1 Å². The molecule has 1 aliphatic heterocycles. The van der Waals surface area contributed by atoms with Crippen LogP contribution in [0.2, 0.25) is 0 Å². The highest BCUT2D eigenvalue weighted by molar-refractivity contribution is 4.85. The number of ether oxygens (including phenoxy) is 1. The second kappa shape index (κ2) is 10.7. The summed E-state index contributed by atoms with van der Waals surface area (Å²) < 4.78 is 18.3. The molecular formula is C18H37FN4O. The van der Waals surface area contributed by atoms with Gasteiger partial charge in [0.2, 0.25) is 0 Å². The summed E-state index contributed by atoms with van der Waals surface area (Å²) >= 11 is 0. The molecule has 0 aromatic carbocycles. The monoisotopic (exact) mass is 344 g/mol. The summed E-state index contributed by atoms with van der Waals surface area (Å²) in [6.45, 7) is 4.17. The van der Waals surface area contributed by atoms with E-state index in [9.17, 15) is 4.39 Å². The maximum absolute atomic E-state index is 13.0. The number of nitrogens with two attached hydrogens (primary N) is 1. The van der Waals surface area contributed by atoms with Crippen LogP contribution in [0.4, 0.5) is 4.39 Å². The molecule has 3 atom stereocenters. The molecule has 5 nitrogen and oxygen atoms in total. The van der Waals surface area contributed by atoms with Crippen molar-refractivity contribution < 1.29 is 9.13 Å². The highest BCUT2D eigenvalue weighted by atomic mass is 19.1. The average Bonchev–Trinajstić information content (AvgIpc) is 2.63. The maximum Gasteiger partial charge on any atom is 0.117 e. The Hall–Kier alpha value is -0.270. The van der Waals surface area contributed by atoms with Crippen LogP contribution in [0.1, 0.15) is 44.9 Å². The molecular weight excluding hydrogens is 307 g/mol. The van der Waals surface area contributed by atoms with Crippen LogP contribution in [-0.4, -0.2) is 75.6 Å². The molecule has 2 aliphatic carbocycles. The van der Waals surface area contributed by atoms with Crippen molar-refractivity contribution in [2.45, 2.75) is 75.3 Å². The van der Waals surface area contributed by atoms with Crippen molar-refractivity contribution in [1.29, 1.82) is 0 Å². The molecule has 0 radical (unpaired) electrons.